The quantitative estimate of drug-likeness (QED) is 0.843. The summed E-state index contributed by atoms with van der Waals surface area (Å²) < 4.78 is 4.73. The molecule has 0 spiro atoms. The molecule has 2 aromatic rings. The maximum absolute atomic E-state index is 12.4. The van der Waals surface area contributed by atoms with Gasteiger partial charge in [-0.2, -0.15) is 5.10 Å². The monoisotopic (exact) mass is 277 g/mol. The van der Waals surface area contributed by atoms with Crippen LogP contribution in [0.5, 0.6) is 0 Å². The molecule has 2 aromatic heterocycles. The molecule has 0 bridgehead atoms. The Bertz CT molecular complexity index is 630. The van der Waals surface area contributed by atoms with Crippen LogP contribution in [0.1, 0.15) is 36.8 Å². The summed E-state index contributed by atoms with van der Waals surface area (Å²) in [6.07, 6.45) is 4.40. The highest BCUT2D eigenvalue weighted by Crippen LogP contribution is 2.28. The maximum Gasteiger partial charge on any atom is 0.340 e. The van der Waals surface area contributed by atoms with Crippen molar-refractivity contribution in [2.75, 3.05) is 6.54 Å². The van der Waals surface area contributed by atoms with Crippen molar-refractivity contribution in [3.05, 3.63) is 34.3 Å². The number of nitrogens with zero attached hydrogens (tertiary/aromatic N) is 3. The van der Waals surface area contributed by atoms with E-state index in [4.69, 9.17) is 4.52 Å². The molecule has 0 radical (unpaired) electrons. The van der Waals surface area contributed by atoms with E-state index >= 15 is 0 Å². The van der Waals surface area contributed by atoms with Gasteiger partial charge in [0, 0.05) is 12.6 Å². The number of H-pyrrole nitrogens is 2. The number of likely N-dealkylation sites (tertiary alicyclic amines) is 1. The second-order valence-corrected chi connectivity index (χ2v) is 4.83. The molecule has 0 saturated carbocycles. The van der Waals surface area contributed by atoms with Crippen molar-refractivity contribution in [2.24, 2.45) is 0 Å². The van der Waals surface area contributed by atoms with Gasteiger partial charge in [-0.1, -0.05) is 5.16 Å². The molecule has 1 aliphatic heterocycles. The Morgan fingerprint density at radius 2 is 2.40 bits per heavy atom. The third-order valence-corrected chi connectivity index (χ3v) is 3.48. The molecule has 1 unspecified atom stereocenters. The first-order valence-electron chi connectivity index (χ1n) is 6.57. The van der Waals surface area contributed by atoms with Crippen LogP contribution in [0.25, 0.3) is 0 Å². The highest BCUT2D eigenvalue weighted by molar-refractivity contribution is 5.78. The summed E-state index contributed by atoms with van der Waals surface area (Å²) in [7, 11) is 0. The molecular formula is C12H15N5O3. The third kappa shape index (κ3) is 2.49. The average molecular weight is 277 g/mol. The van der Waals surface area contributed by atoms with E-state index in [1.165, 1.54) is 6.26 Å². The molecule has 3 rings (SSSR count). The summed E-state index contributed by atoms with van der Waals surface area (Å²) in [5, 5.41) is 10.0. The first kappa shape index (κ1) is 12.6. The Morgan fingerprint density at radius 1 is 1.50 bits per heavy atom. The molecule has 8 heteroatoms. The second kappa shape index (κ2) is 5.32. The summed E-state index contributed by atoms with van der Waals surface area (Å²) in [4.78, 5) is 27.9. The fourth-order valence-corrected chi connectivity index (χ4v) is 2.54. The van der Waals surface area contributed by atoms with Crippen molar-refractivity contribution in [1.29, 1.82) is 0 Å². The van der Waals surface area contributed by atoms with Gasteiger partial charge in [-0.25, -0.2) is 9.89 Å². The number of carbonyl (C=O) groups excluding carboxylic acids is 1. The van der Waals surface area contributed by atoms with E-state index in [0.717, 1.165) is 19.3 Å². The molecule has 8 nitrogen and oxygen atoms in total. The molecule has 0 aromatic carbocycles. The van der Waals surface area contributed by atoms with E-state index < -0.39 is 0 Å². The largest absolute Gasteiger partial charge is 0.364 e. The standard InChI is InChI=1S/C12H15N5O3/c18-10(7-8-4-6-20-16-8)17-5-2-1-3-9(17)11-13-12(19)15-14-11/h4,6,9H,1-3,5,7H2,(H2,13,14,15,19). The lowest BCUT2D eigenvalue weighted by atomic mass is 10.0. The van der Waals surface area contributed by atoms with E-state index in [2.05, 4.69) is 20.3 Å². The van der Waals surface area contributed by atoms with Crippen molar-refractivity contribution < 1.29 is 9.32 Å². The zero-order valence-corrected chi connectivity index (χ0v) is 10.8. The lowest BCUT2D eigenvalue weighted by Gasteiger charge is -2.34. The number of piperidine rings is 1. The van der Waals surface area contributed by atoms with E-state index in [1.54, 1.807) is 11.0 Å². The van der Waals surface area contributed by atoms with Crippen LogP contribution in [-0.2, 0) is 11.2 Å². The summed E-state index contributed by atoms with van der Waals surface area (Å²) in [5.41, 5.74) is 0.254. The summed E-state index contributed by atoms with van der Waals surface area (Å²) in [5.74, 6) is 0.482. The number of rotatable bonds is 3. The third-order valence-electron chi connectivity index (χ3n) is 3.48. The zero-order valence-electron chi connectivity index (χ0n) is 10.8. The van der Waals surface area contributed by atoms with Crippen LogP contribution in [0.2, 0.25) is 0 Å². The van der Waals surface area contributed by atoms with Gasteiger partial charge in [0.2, 0.25) is 5.91 Å². The van der Waals surface area contributed by atoms with E-state index in [0.29, 0.717) is 18.1 Å². The fourth-order valence-electron chi connectivity index (χ4n) is 2.54. The zero-order chi connectivity index (χ0) is 13.9. The minimum atomic E-state index is -0.352. The lowest BCUT2D eigenvalue weighted by molar-refractivity contribution is -0.134. The predicted octanol–water partition coefficient (Wildman–Crippen LogP) is 0.382. The van der Waals surface area contributed by atoms with E-state index in [-0.39, 0.29) is 24.1 Å². The van der Waals surface area contributed by atoms with Crippen LogP contribution in [0.4, 0.5) is 0 Å². The molecule has 2 N–H and O–H groups in total. The van der Waals surface area contributed by atoms with Gasteiger partial charge in [-0.05, 0) is 19.3 Å². The van der Waals surface area contributed by atoms with Gasteiger partial charge in [0.05, 0.1) is 18.2 Å². The van der Waals surface area contributed by atoms with Gasteiger partial charge in [-0.15, -0.1) is 0 Å². The molecule has 1 saturated heterocycles. The topological polar surface area (TPSA) is 108 Å². The molecule has 106 valence electrons. The van der Waals surface area contributed by atoms with Crippen molar-refractivity contribution in [3.63, 3.8) is 0 Å². The number of hydrogen-bond donors (Lipinski definition) is 2. The summed E-state index contributed by atoms with van der Waals surface area (Å²) >= 11 is 0. The minimum absolute atomic E-state index is 0.0348. The Kier molecular flexibility index (Phi) is 3.36. The molecule has 20 heavy (non-hydrogen) atoms. The van der Waals surface area contributed by atoms with Crippen LogP contribution >= 0.6 is 0 Å². The van der Waals surface area contributed by atoms with Crippen LogP contribution < -0.4 is 5.69 Å². The van der Waals surface area contributed by atoms with Crippen LogP contribution in [0, 0.1) is 0 Å². The van der Waals surface area contributed by atoms with Crippen LogP contribution in [0.3, 0.4) is 0 Å². The SMILES string of the molecule is O=C(Cc1ccon1)N1CCCCC1c1n[nH]c(=O)[nH]1. The number of amides is 1. The highest BCUT2D eigenvalue weighted by atomic mass is 16.5. The van der Waals surface area contributed by atoms with E-state index in [1.807, 2.05) is 0 Å². The number of aromatic amines is 2. The minimum Gasteiger partial charge on any atom is -0.364 e. The molecule has 3 heterocycles. The van der Waals surface area contributed by atoms with Gasteiger partial charge in [-0.3, -0.25) is 9.78 Å². The van der Waals surface area contributed by atoms with E-state index in [9.17, 15) is 9.59 Å². The van der Waals surface area contributed by atoms with Crippen molar-refractivity contribution in [2.45, 2.75) is 31.7 Å². The van der Waals surface area contributed by atoms with Gasteiger partial charge >= 0.3 is 5.69 Å². The van der Waals surface area contributed by atoms with Gasteiger partial charge in [0.15, 0.2) is 5.82 Å². The van der Waals surface area contributed by atoms with Crippen molar-refractivity contribution in [3.8, 4) is 0 Å². The Balaban J connectivity index is 1.78. The smallest absolute Gasteiger partial charge is 0.340 e. The highest BCUT2D eigenvalue weighted by Gasteiger charge is 2.30. The van der Waals surface area contributed by atoms with Crippen LogP contribution in [0.15, 0.2) is 21.6 Å². The number of nitrogens with one attached hydrogen (secondary N) is 2. The summed E-state index contributed by atoms with van der Waals surface area (Å²) in [6.45, 7) is 0.663. The summed E-state index contributed by atoms with van der Waals surface area (Å²) in [6, 6.07) is 1.50. The number of carbonyl (C=O) groups is 1. The van der Waals surface area contributed by atoms with Crippen molar-refractivity contribution in [1.82, 2.24) is 25.2 Å². The lowest BCUT2D eigenvalue weighted by Crippen LogP contribution is -2.40. The maximum atomic E-state index is 12.4. The van der Waals surface area contributed by atoms with Gasteiger partial charge in [0.25, 0.3) is 0 Å². The molecule has 1 aliphatic rings. The molecule has 1 atom stereocenters. The molecule has 1 amide bonds. The first-order chi connectivity index (χ1) is 9.74. The first-order valence-corrected chi connectivity index (χ1v) is 6.57. The molecule has 0 aliphatic carbocycles. The molecule has 1 fully saturated rings. The Morgan fingerprint density at radius 3 is 3.10 bits per heavy atom. The Hall–Kier alpha value is -2.38. The average Bonchev–Trinajstić information content (AvgIpc) is 3.10. The predicted molar refractivity (Wildman–Crippen MR) is 67.7 cm³/mol. The van der Waals surface area contributed by atoms with Gasteiger partial charge in [0.1, 0.15) is 6.26 Å². The normalized spacial score (nSPS) is 19.2. The Labute approximate surface area is 114 Å². The van der Waals surface area contributed by atoms with Crippen molar-refractivity contribution >= 4 is 5.91 Å². The second-order valence-electron chi connectivity index (χ2n) is 4.83. The number of aromatic nitrogens is 4. The fraction of sp³-hybridized carbons (Fsp3) is 0.500. The van der Waals surface area contributed by atoms with Crippen LogP contribution in [-0.4, -0.2) is 37.7 Å². The number of hydrogen-bond acceptors (Lipinski definition) is 5. The van der Waals surface area contributed by atoms with Gasteiger partial charge < -0.3 is 9.42 Å². The molecular weight excluding hydrogens is 262 g/mol.